The third kappa shape index (κ3) is 3.84. The van der Waals surface area contributed by atoms with Crippen molar-refractivity contribution in [3.05, 3.63) is 23.8 Å². The molecular formula is C13H18N2O4. The number of amides is 1. The molecule has 0 spiro atoms. The molecule has 2 rings (SSSR count). The van der Waals surface area contributed by atoms with Crippen molar-refractivity contribution in [1.29, 1.82) is 0 Å². The molecule has 1 aliphatic rings. The first kappa shape index (κ1) is 13.6. The Hall–Kier alpha value is -1.79. The number of nitrogens with zero attached hydrogens (tertiary/aromatic N) is 1. The number of rotatable bonds is 3. The summed E-state index contributed by atoms with van der Waals surface area (Å²) in [5.41, 5.74) is 0.224. The van der Waals surface area contributed by atoms with E-state index in [1.54, 1.807) is 0 Å². The first-order valence-electron chi connectivity index (χ1n) is 6.16. The second-order valence-corrected chi connectivity index (χ2v) is 4.70. The highest BCUT2D eigenvalue weighted by Crippen LogP contribution is 2.20. The lowest BCUT2D eigenvalue weighted by molar-refractivity contribution is -0.0175. The average molecular weight is 266 g/mol. The molecule has 1 amide bonds. The smallest absolute Gasteiger partial charge is 0.251 e. The Balaban J connectivity index is 1.90. The van der Waals surface area contributed by atoms with Gasteiger partial charge >= 0.3 is 0 Å². The highest BCUT2D eigenvalue weighted by Gasteiger charge is 2.18. The van der Waals surface area contributed by atoms with Crippen LogP contribution in [-0.4, -0.2) is 60.4 Å². The molecule has 1 fully saturated rings. The molecule has 1 aliphatic heterocycles. The van der Waals surface area contributed by atoms with E-state index in [0.717, 1.165) is 13.1 Å². The Morgan fingerprint density at radius 2 is 2.11 bits per heavy atom. The number of carbonyl (C=O) groups is 1. The number of likely N-dealkylation sites (N-methyl/N-ethyl adjacent to an activating group) is 1. The molecule has 1 atom stereocenters. The van der Waals surface area contributed by atoms with Gasteiger partial charge in [-0.1, -0.05) is 0 Å². The standard InChI is InChI=1S/C13H18N2O4/c1-15-2-3-19-12(8-15)7-14-13(18)9-4-10(16)6-11(17)5-9/h4-6,12,16-17H,2-3,7-8H2,1H3,(H,14,18). The molecule has 1 saturated heterocycles. The van der Waals surface area contributed by atoms with Crippen LogP contribution in [0.3, 0.4) is 0 Å². The molecule has 0 radical (unpaired) electrons. The van der Waals surface area contributed by atoms with Gasteiger partial charge in [0, 0.05) is 31.3 Å². The SMILES string of the molecule is CN1CCOC(CNC(=O)c2cc(O)cc(O)c2)C1. The number of benzene rings is 1. The van der Waals surface area contributed by atoms with Crippen LogP contribution in [0.4, 0.5) is 0 Å². The van der Waals surface area contributed by atoms with Crippen LogP contribution < -0.4 is 5.32 Å². The summed E-state index contributed by atoms with van der Waals surface area (Å²) in [6.45, 7) is 2.72. The number of phenols is 2. The number of nitrogens with one attached hydrogen (secondary N) is 1. The lowest BCUT2D eigenvalue weighted by Crippen LogP contribution is -2.45. The van der Waals surface area contributed by atoms with Gasteiger partial charge in [0.2, 0.25) is 0 Å². The van der Waals surface area contributed by atoms with Gasteiger partial charge in [-0.25, -0.2) is 0 Å². The Morgan fingerprint density at radius 3 is 2.74 bits per heavy atom. The number of aromatic hydroxyl groups is 2. The van der Waals surface area contributed by atoms with E-state index in [1.165, 1.54) is 18.2 Å². The molecule has 1 heterocycles. The first-order valence-corrected chi connectivity index (χ1v) is 6.16. The van der Waals surface area contributed by atoms with Crippen LogP contribution in [0.5, 0.6) is 11.5 Å². The largest absolute Gasteiger partial charge is 0.508 e. The molecule has 0 saturated carbocycles. The predicted molar refractivity (Wildman–Crippen MR) is 69.3 cm³/mol. The molecular weight excluding hydrogens is 248 g/mol. The molecule has 6 heteroatoms. The average Bonchev–Trinajstić information content (AvgIpc) is 2.35. The lowest BCUT2D eigenvalue weighted by atomic mass is 10.2. The maximum absolute atomic E-state index is 11.9. The summed E-state index contributed by atoms with van der Waals surface area (Å²) in [6, 6.07) is 3.79. The van der Waals surface area contributed by atoms with Crippen LogP contribution in [0.2, 0.25) is 0 Å². The first-order chi connectivity index (χ1) is 9.04. The zero-order valence-corrected chi connectivity index (χ0v) is 10.8. The van der Waals surface area contributed by atoms with E-state index in [0.29, 0.717) is 13.2 Å². The van der Waals surface area contributed by atoms with Gasteiger partial charge < -0.3 is 25.2 Å². The van der Waals surface area contributed by atoms with Gasteiger partial charge in [0.15, 0.2) is 0 Å². The number of morpholine rings is 1. The van der Waals surface area contributed by atoms with E-state index < -0.39 is 0 Å². The summed E-state index contributed by atoms with van der Waals surface area (Å²) in [4.78, 5) is 14.0. The minimum Gasteiger partial charge on any atom is -0.508 e. The summed E-state index contributed by atoms with van der Waals surface area (Å²) < 4.78 is 5.53. The molecule has 0 aromatic heterocycles. The molecule has 0 bridgehead atoms. The van der Waals surface area contributed by atoms with Crippen LogP contribution in [0.1, 0.15) is 10.4 Å². The van der Waals surface area contributed by atoms with Crippen LogP contribution in [0.15, 0.2) is 18.2 Å². The van der Waals surface area contributed by atoms with Crippen molar-refractivity contribution < 1.29 is 19.7 Å². The fourth-order valence-electron chi connectivity index (χ4n) is 2.03. The second-order valence-electron chi connectivity index (χ2n) is 4.70. The van der Waals surface area contributed by atoms with Gasteiger partial charge in [0.25, 0.3) is 5.91 Å². The topological polar surface area (TPSA) is 82.0 Å². The zero-order chi connectivity index (χ0) is 13.8. The van der Waals surface area contributed by atoms with Crippen molar-refractivity contribution in [2.75, 3.05) is 33.3 Å². The summed E-state index contributed by atoms with van der Waals surface area (Å²) in [6.07, 6.45) is -0.0337. The molecule has 1 aromatic carbocycles. The van der Waals surface area contributed by atoms with Gasteiger partial charge in [-0.15, -0.1) is 0 Å². The Bertz CT molecular complexity index is 444. The van der Waals surface area contributed by atoms with Crippen LogP contribution in [0, 0.1) is 0 Å². The molecule has 3 N–H and O–H groups in total. The van der Waals surface area contributed by atoms with Gasteiger partial charge in [-0.2, -0.15) is 0 Å². The van der Waals surface area contributed by atoms with Gasteiger partial charge in [0.1, 0.15) is 11.5 Å². The van der Waals surface area contributed by atoms with E-state index in [2.05, 4.69) is 10.2 Å². The number of carbonyl (C=O) groups excluding carboxylic acids is 1. The van der Waals surface area contributed by atoms with Crippen molar-refractivity contribution in [3.63, 3.8) is 0 Å². The van der Waals surface area contributed by atoms with Crippen LogP contribution in [0.25, 0.3) is 0 Å². The van der Waals surface area contributed by atoms with Gasteiger partial charge in [0.05, 0.1) is 12.7 Å². The Morgan fingerprint density at radius 1 is 1.42 bits per heavy atom. The quantitative estimate of drug-likeness (QED) is 0.726. The van der Waals surface area contributed by atoms with Crippen LogP contribution in [-0.2, 0) is 4.74 Å². The van der Waals surface area contributed by atoms with E-state index in [1.807, 2.05) is 7.05 Å². The molecule has 1 aromatic rings. The van der Waals surface area contributed by atoms with Crippen molar-refractivity contribution in [2.24, 2.45) is 0 Å². The highest BCUT2D eigenvalue weighted by atomic mass is 16.5. The van der Waals surface area contributed by atoms with E-state index in [4.69, 9.17) is 4.74 Å². The number of hydrogen-bond donors (Lipinski definition) is 3. The fraction of sp³-hybridized carbons (Fsp3) is 0.462. The van der Waals surface area contributed by atoms with E-state index in [9.17, 15) is 15.0 Å². The monoisotopic (exact) mass is 266 g/mol. The molecule has 104 valence electrons. The third-order valence-corrected chi connectivity index (χ3v) is 3.00. The van der Waals surface area contributed by atoms with Crippen molar-refractivity contribution in [1.82, 2.24) is 10.2 Å². The van der Waals surface area contributed by atoms with Crippen molar-refractivity contribution in [2.45, 2.75) is 6.10 Å². The number of phenolic OH excluding ortho intramolecular Hbond substituents is 2. The minimum absolute atomic E-state index is 0.0337. The summed E-state index contributed by atoms with van der Waals surface area (Å²) >= 11 is 0. The fourth-order valence-corrected chi connectivity index (χ4v) is 2.03. The zero-order valence-electron chi connectivity index (χ0n) is 10.8. The molecule has 0 aliphatic carbocycles. The Labute approximate surface area is 111 Å². The van der Waals surface area contributed by atoms with E-state index >= 15 is 0 Å². The summed E-state index contributed by atoms with van der Waals surface area (Å²) in [7, 11) is 2.00. The number of hydrogen-bond acceptors (Lipinski definition) is 5. The van der Waals surface area contributed by atoms with Crippen molar-refractivity contribution >= 4 is 5.91 Å². The highest BCUT2D eigenvalue weighted by molar-refractivity contribution is 5.95. The minimum atomic E-state index is -0.344. The summed E-state index contributed by atoms with van der Waals surface area (Å²) in [5.74, 6) is -0.624. The van der Waals surface area contributed by atoms with Crippen LogP contribution >= 0.6 is 0 Å². The molecule has 19 heavy (non-hydrogen) atoms. The normalized spacial score (nSPS) is 20.2. The van der Waals surface area contributed by atoms with E-state index in [-0.39, 0.29) is 29.1 Å². The summed E-state index contributed by atoms with van der Waals surface area (Å²) in [5, 5.41) is 21.4. The maximum Gasteiger partial charge on any atom is 0.251 e. The molecule has 1 unspecified atom stereocenters. The lowest BCUT2D eigenvalue weighted by Gasteiger charge is -2.30. The van der Waals surface area contributed by atoms with Gasteiger partial charge in [-0.3, -0.25) is 4.79 Å². The number of ether oxygens (including phenoxy) is 1. The maximum atomic E-state index is 11.9. The molecule has 6 nitrogen and oxygen atoms in total. The van der Waals surface area contributed by atoms with Gasteiger partial charge in [-0.05, 0) is 19.2 Å². The third-order valence-electron chi connectivity index (χ3n) is 3.00. The predicted octanol–water partition coefficient (Wildman–Crippen LogP) is 0.158. The Kier molecular flexibility index (Phi) is 4.24. The second kappa shape index (κ2) is 5.90. The van der Waals surface area contributed by atoms with Crippen molar-refractivity contribution in [3.8, 4) is 11.5 Å².